The number of ether oxygens (including phenoxy) is 1. The quantitative estimate of drug-likeness (QED) is 0.725. The Labute approximate surface area is 144 Å². The van der Waals surface area contributed by atoms with Gasteiger partial charge in [0.1, 0.15) is 6.10 Å². The number of rotatable bonds is 2. The summed E-state index contributed by atoms with van der Waals surface area (Å²) in [5, 5.41) is 31.8. The monoisotopic (exact) mass is 334 g/mol. The first-order valence-corrected chi connectivity index (χ1v) is 9.31. The first kappa shape index (κ1) is 16.8. The molecule has 2 aliphatic heterocycles. The van der Waals surface area contributed by atoms with Gasteiger partial charge in [0.25, 0.3) is 0 Å². The zero-order valence-electron chi connectivity index (χ0n) is 15.1. The lowest BCUT2D eigenvalue weighted by Gasteiger charge is -2.58. The Kier molecular flexibility index (Phi) is 3.45. The van der Waals surface area contributed by atoms with Gasteiger partial charge >= 0.3 is 0 Å². The summed E-state index contributed by atoms with van der Waals surface area (Å²) in [7, 11) is 0. The fourth-order valence-corrected chi connectivity index (χ4v) is 5.95. The maximum Gasteiger partial charge on any atom is 0.198 e. The highest BCUT2D eigenvalue weighted by Gasteiger charge is 2.71. The molecule has 1 saturated carbocycles. The predicted octanol–water partition coefficient (Wildman–Crippen LogP) is 2.39. The van der Waals surface area contributed by atoms with Crippen molar-refractivity contribution < 1.29 is 20.1 Å². The molecular formula is C20H30O4. The summed E-state index contributed by atoms with van der Waals surface area (Å²) in [4.78, 5) is 0. The van der Waals surface area contributed by atoms with Crippen LogP contribution >= 0.6 is 0 Å². The van der Waals surface area contributed by atoms with Crippen molar-refractivity contribution >= 4 is 0 Å². The SMILES string of the molecule is CC(C)C1=C2[C@H]3C[C@@H]4O[C@@](O)([C@H](O)[C@H]4CO)[C@]3(C)CC[C@@]2(C)C=C1. The Morgan fingerprint density at radius 2 is 2.00 bits per heavy atom. The molecule has 2 bridgehead atoms. The summed E-state index contributed by atoms with van der Waals surface area (Å²) < 4.78 is 5.95. The van der Waals surface area contributed by atoms with Crippen molar-refractivity contribution in [3.8, 4) is 0 Å². The van der Waals surface area contributed by atoms with Crippen LogP contribution in [0.1, 0.15) is 47.0 Å². The first-order valence-electron chi connectivity index (χ1n) is 9.31. The molecule has 2 saturated heterocycles. The van der Waals surface area contributed by atoms with Crippen LogP contribution < -0.4 is 0 Å². The van der Waals surface area contributed by atoms with Gasteiger partial charge in [0.15, 0.2) is 5.79 Å². The number of allylic oxidation sites excluding steroid dienone is 4. The largest absolute Gasteiger partial charge is 0.396 e. The van der Waals surface area contributed by atoms with Crippen LogP contribution in [0.5, 0.6) is 0 Å². The van der Waals surface area contributed by atoms with Gasteiger partial charge < -0.3 is 20.1 Å². The number of hydrogen-bond donors (Lipinski definition) is 3. The lowest BCUT2D eigenvalue weighted by Crippen LogP contribution is -2.62. The van der Waals surface area contributed by atoms with Crippen molar-refractivity contribution in [1.82, 2.24) is 0 Å². The molecule has 4 rings (SSSR count). The van der Waals surface area contributed by atoms with Gasteiger partial charge in [-0.2, -0.15) is 0 Å². The molecule has 4 heteroatoms. The summed E-state index contributed by atoms with van der Waals surface area (Å²) in [5.41, 5.74) is 2.35. The summed E-state index contributed by atoms with van der Waals surface area (Å²) in [6, 6.07) is 0. The molecule has 4 aliphatic rings. The normalized spacial score (nSPS) is 52.8. The van der Waals surface area contributed by atoms with Crippen LogP contribution in [-0.2, 0) is 4.74 Å². The molecule has 0 spiro atoms. The van der Waals surface area contributed by atoms with Crippen molar-refractivity contribution in [2.75, 3.05) is 6.61 Å². The van der Waals surface area contributed by atoms with E-state index in [1.165, 1.54) is 11.1 Å². The van der Waals surface area contributed by atoms with E-state index < -0.39 is 23.2 Å². The molecule has 7 atom stereocenters. The Morgan fingerprint density at radius 3 is 2.62 bits per heavy atom. The number of fused-ring (bicyclic) bond motifs is 6. The van der Waals surface area contributed by atoms with Crippen molar-refractivity contribution in [2.45, 2.75) is 65.0 Å². The Balaban J connectivity index is 1.86. The minimum atomic E-state index is -1.56. The molecule has 0 aromatic carbocycles. The fourth-order valence-electron chi connectivity index (χ4n) is 5.95. The second-order valence-corrected chi connectivity index (χ2v) is 9.12. The lowest BCUT2D eigenvalue weighted by atomic mass is 9.52. The van der Waals surface area contributed by atoms with E-state index >= 15 is 0 Å². The molecule has 3 N–H and O–H groups in total. The summed E-state index contributed by atoms with van der Waals surface area (Å²) in [6.07, 6.45) is 5.83. The van der Waals surface area contributed by atoms with Gasteiger partial charge in [-0.05, 0) is 36.7 Å². The summed E-state index contributed by atoms with van der Waals surface area (Å²) in [6.45, 7) is 8.66. The molecule has 3 fully saturated rings. The average Bonchev–Trinajstić information content (AvgIpc) is 2.97. The molecule has 2 heterocycles. The van der Waals surface area contributed by atoms with E-state index in [0.717, 1.165) is 19.3 Å². The van der Waals surface area contributed by atoms with E-state index in [2.05, 4.69) is 39.8 Å². The highest BCUT2D eigenvalue weighted by molar-refractivity contribution is 5.46. The van der Waals surface area contributed by atoms with Gasteiger partial charge in [0.2, 0.25) is 0 Å². The zero-order chi connectivity index (χ0) is 17.5. The van der Waals surface area contributed by atoms with Crippen LogP contribution in [0.3, 0.4) is 0 Å². The van der Waals surface area contributed by atoms with E-state index in [9.17, 15) is 15.3 Å². The number of aliphatic hydroxyl groups is 3. The Bertz CT molecular complexity index is 623. The third-order valence-corrected chi connectivity index (χ3v) is 7.57. The van der Waals surface area contributed by atoms with Gasteiger partial charge in [0.05, 0.1) is 12.7 Å². The second kappa shape index (κ2) is 4.94. The molecule has 24 heavy (non-hydrogen) atoms. The Morgan fingerprint density at radius 1 is 1.29 bits per heavy atom. The standard InChI is InChI=1S/C20H30O4/c1-11(2)12-5-6-18(3)7-8-19(4)14(16(12)18)9-15-13(10-21)17(22)20(19,23)24-15/h5-6,11,13-15,17,21-23H,7-10H2,1-4H3/t13-,14+,15-,17+,18+,19+,20-/m0/s1. The molecule has 0 radical (unpaired) electrons. The van der Waals surface area contributed by atoms with Gasteiger partial charge in [-0.1, -0.05) is 45.4 Å². The van der Waals surface area contributed by atoms with Gasteiger partial charge in [-0.15, -0.1) is 0 Å². The molecule has 4 nitrogen and oxygen atoms in total. The molecule has 0 aromatic rings. The predicted molar refractivity (Wildman–Crippen MR) is 91.0 cm³/mol. The van der Waals surface area contributed by atoms with Crippen LogP contribution in [0, 0.1) is 28.6 Å². The maximum atomic E-state index is 11.3. The van der Waals surface area contributed by atoms with Gasteiger partial charge in [0, 0.05) is 16.7 Å². The molecule has 134 valence electrons. The average molecular weight is 334 g/mol. The Hall–Kier alpha value is -0.680. The van der Waals surface area contributed by atoms with E-state index in [-0.39, 0.29) is 24.0 Å². The van der Waals surface area contributed by atoms with E-state index in [0.29, 0.717) is 5.92 Å². The topological polar surface area (TPSA) is 69.9 Å². The van der Waals surface area contributed by atoms with Crippen molar-refractivity contribution in [3.05, 3.63) is 23.3 Å². The van der Waals surface area contributed by atoms with Crippen LogP contribution in [0.4, 0.5) is 0 Å². The third-order valence-electron chi connectivity index (χ3n) is 7.57. The van der Waals surface area contributed by atoms with Gasteiger partial charge in [-0.3, -0.25) is 0 Å². The zero-order valence-corrected chi connectivity index (χ0v) is 15.1. The van der Waals surface area contributed by atoms with E-state index in [1.807, 2.05) is 0 Å². The van der Waals surface area contributed by atoms with Crippen LogP contribution in [-0.4, -0.2) is 39.9 Å². The number of aliphatic hydroxyl groups excluding tert-OH is 2. The maximum absolute atomic E-state index is 11.3. The number of hydrogen-bond acceptors (Lipinski definition) is 4. The third kappa shape index (κ3) is 1.78. The molecule has 0 unspecified atom stereocenters. The second-order valence-electron chi connectivity index (χ2n) is 9.12. The molecule has 0 aromatic heterocycles. The van der Waals surface area contributed by atoms with Gasteiger partial charge in [-0.25, -0.2) is 0 Å². The smallest absolute Gasteiger partial charge is 0.198 e. The van der Waals surface area contributed by atoms with Crippen molar-refractivity contribution in [2.24, 2.45) is 28.6 Å². The van der Waals surface area contributed by atoms with E-state index in [1.54, 1.807) is 0 Å². The minimum absolute atomic E-state index is 0.0522. The lowest BCUT2D eigenvalue weighted by molar-refractivity contribution is -0.327. The van der Waals surface area contributed by atoms with Crippen molar-refractivity contribution in [1.29, 1.82) is 0 Å². The highest BCUT2D eigenvalue weighted by atomic mass is 16.7. The molecule has 0 amide bonds. The van der Waals surface area contributed by atoms with E-state index in [4.69, 9.17) is 4.74 Å². The molecular weight excluding hydrogens is 304 g/mol. The fraction of sp³-hybridized carbons (Fsp3) is 0.800. The van der Waals surface area contributed by atoms with Crippen molar-refractivity contribution in [3.63, 3.8) is 0 Å². The minimum Gasteiger partial charge on any atom is -0.396 e. The summed E-state index contributed by atoms with van der Waals surface area (Å²) >= 11 is 0. The van der Waals surface area contributed by atoms with Crippen LogP contribution in [0.15, 0.2) is 23.3 Å². The highest BCUT2D eigenvalue weighted by Crippen LogP contribution is 2.67. The van der Waals surface area contributed by atoms with Crippen LogP contribution in [0.25, 0.3) is 0 Å². The first-order chi connectivity index (χ1) is 11.2. The summed E-state index contributed by atoms with van der Waals surface area (Å²) in [5.74, 6) is -1.35. The molecule has 2 aliphatic carbocycles. The van der Waals surface area contributed by atoms with Crippen LogP contribution in [0.2, 0.25) is 0 Å².